The SMILES string of the molecule is CC(=N)c1ccccc1.CCCC(C)c1ccc(SC)cc1. The summed E-state index contributed by atoms with van der Waals surface area (Å²) in [7, 11) is 0. The van der Waals surface area contributed by atoms with Crippen LogP contribution in [0.2, 0.25) is 0 Å². The summed E-state index contributed by atoms with van der Waals surface area (Å²) in [6, 6.07) is 18.6. The molecular weight excluding hydrogens is 286 g/mol. The lowest BCUT2D eigenvalue weighted by atomic mass is 9.97. The van der Waals surface area contributed by atoms with Crippen LogP contribution < -0.4 is 0 Å². The van der Waals surface area contributed by atoms with Crippen LogP contribution in [0.25, 0.3) is 0 Å². The van der Waals surface area contributed by atoms with E-state index in [-0.39, 0.29) is 0 Å². The molecule has 2 heteroatoms. The molecule has 0 bridgehead atoms. The summed E-state index contributed by atoms with van der Waals surface area (Å²) in [5.74, 6) is 0.709. The normalized spacial score (nSPS) is 11.3. The smallest absolute Gasteiger partial charge is 0.0355 e. The predicted molar refractivity (Wildman–Crippen MR) is 100 cm³/mol. The molecule has 1 nitrogen and oxygen atoms in total. The van der Waals surface area contributed by atoms with Crippen molar-refractivity contribution in [2.75, 3.05) is 6.26 Å². The van der Waals surface area contributed by atoms with E-state index in [1.165, 1.54) is 23.3 Å². The van der Waals surface area contributed by atoms with Gasteiger partial charge < -0.3 is 5.41 Å². The molecule has 0 aromatic heterocycles. The zero-order valence-electron chi connectivity index (χ0n) is 14.1. The van der Waals surface area contributed by atoms with Crippen LogP contribution in [-0.2, 0) is 0 Å². The fraction of sp³-hybridized carbons (Fsp3) is 0.350. The van der Waals surface area contributed by atoms with Crippen LogP contribution in [-0.4, -0.2) is 12.0 Å². The highest BCUT2D eigenvalue weighted by molar-refractivity contribution is 7.98. The molecule has 0 aliphatic carbocycles. The first-order chi connectivity index (χ1) is 10.6. The number of hydrogen-bond acceptors (Lipinski definition) is 2. The highest BCUT2D eigenvalue weighted by atomic mass is 32.2. The van der Waals surface area contributed by atoms with Gasteiger partial charge in [-0.1, -0.05) is 62.7 Å². The quantitative estimate of drug-likeness (QED) is 0.502. The van der Waals surface area contributed by atoms with Gasteiger partial charge in [-0.3, -0.25) is 0 Å². The van der Waals surface area contributed by atoms with Crippen LogP contribution in [0.4, 0.5) is 0 Å². The maximum Gasteiger partial charge on any atom is 0.0355 e. The summed E-state index contributed by atoms with van der Waals surface area (Å²) in [6.07, 6.45) is 4.68. The summed E-state index contributed by atoms with van der Waals surface area (Å²) in [5.41, 5.74) is 3.09. The van der Waals surface area contributed by atoms with Gasteiger partial charge in [0.1, 0.15) is 0 Å². The lowest BCUT2D eigenvalue weighted by Crippen LogP contribution is -1.91. The van der Waals surface area contributed by atoms with Crippen molar-refractivity contribution in [3.63, 3.8) is 0 Å². The second-order valence-corrected chi connectivity index (χ2v) is 6.33. The van der Waals surface area contributed by atoms with Gasteiger partial charge in [0.2, 0.25) is 0 Å². The molecule has 2 rings (SSSR count). The molecule has 22 heavy (non-hydrogen) atoms. The Kier molecular flexibility index (Phi) is 8.61. The van der Waals surface area contributed by atoms with E-state index in [1.807, 2.05) is 30.3 Å². The summed E-state index contributed by atoms with van der Waals surface area (Å²) in [5, 5.41) is 7.24. The predicted octanol–water partition coefficient (Wildman–Crippen LogP) is 6.39. The molecule has 0 heterocycles. The van der Waals surface area contributed by atoms with Crippen molar-refractivity contribution in [3.05, 3.63) is 65.7 Å². The highest BCUT2D eigenvalue weighted by Crippen LogP contribution is 2.23. The number of nitrogens with one attached hydrogen (secondary N) is 1. The summed E-state index contributed by atoms with van der Waals surface area (Å²) >= 11 is 1.80. The summed E-state index contributed by atoms with van der Waals surface area (Å²) in [4.78, 5) is 1.35. The van der Waals surface area contributed by atoms with Crippen molar-refractivity contribution >= 4 is 17.5 Å². The zero-order chi connectivity index (χ0) is 16.4. The molecule has 118 valence electrons. The fourth-order valence-corrected chi connectivity index (χ4v) is 2.63. The number of rotatable bonds is 5. The van der Waals surface area contributed by atoms with Crippen LogP contribution in [0.5, 0.6) is 0 Å². The Morgan fingerprint density at radius 1 is 1.05 bits per heavy atom. The Labute approximate surface area is 139 Å². The van der Waals surface area contributed by atoms with E-state index in [9.17, 15) is 0 Å². The molecule has 0 fully saturated rings. The Morgan fingerprint density at radius 2 is 1.64 bits per heavy atom. The molecule has 0 amide bonds. The van der Waals surface area contributed by atoms with Gasteiger partial charge in [-0.2, -0.15) is 0 Å². The Morgan fingerprint density at radius 3 is 2.05 bits per heavy atom. The van der Waals surface area contributed by atoms with Crippen molar-refractivity contribution in [3.8, 4) is 0 Å². The molecular formula is C20H27NS. The third-order valence-corrected chi connectivity index (χ3v) is 4.36. The van der Waals surface area contributed by atoms with Gasteiger partial charge in [0.25, 0.3) is 0 Å². The Bertz CT molecular complexity index is 546. The molecule has 1 unspecified atom stereocenters. The molecule has 0 aliphatic rings. The van der Waals surface area contributed by atoms with E-state index >= 15 is 0 Å². The standard InChI is InChI=1S/C12H18S.C8H9N/c1-4-5-10(2)11-6-8-12(13-3)9-7-11;1-7(9)8-5-3-2-4-6-8/h6-10H,4-5H2,1-3H3;2-6,9H,1H3. The van der Waals surface area contributed by atoms with Crippen molar-refractivity contribution < 1.29 is 0 Å². The van der Waals surface area contributed by atoms with Gasteiger partial charge in [0.05, 0.1) is 0 Å². The van der Waals surface area contributed by atoms with Crippen molar-refractivity contribution in [1.29, 1.82) is 5.41 Å². The summed E-state index contributed by atoms with van der Waals surface area (Å²) < 4.78 is 0. The van der Waals surface area contributed by atoms with E-state index in [4.69, 9.17) is 5.41 Å². The molecule has 0 radical (unpaired) electrons. The van der Waals surface area contributed by atoms with Crippen LogP contribution in [0.1, 0.15) is 50.7 Å². The van der Waals surface area contributed by atoms with Gasteiger partial charge in [-0.15, -0.1) is 11.8 Å². The maximum absolute atomic E-state index is 7.24. The van der Waals surface area contributed by atoms with Gasteiger partial charge in [-0.05, 0) is 48.8 Å². The number of thioether (sulfide) groups is 1. The van der Waals surface area contributed by atoms with E-state index < -0.39 is 0 Å². The third kappa shape index (κ3) is 6.48. The van der Waals surface area contributed by atoms with E-state index in [0.717, 1.165) is 5.56 Å². The number of benzene rings is 2. The minimum atomic E-state index is 0.621. The molecule has 0 saturated heterocycles. The monoisotopic (exact) mass is 313 g/mol. The molecule has 2 aromatic rings. The number of hydrogen-bond donors (Lipinski definition) is 1. The molecule has 1 atom stereocenters. The van der Waals surface area contributed by atoms with Crippen molar-refractivity contribution in [2.24, 2.45) is 0 Å². The first-order valence-corrected chi connectivity index (χ1v) is 9.05. The van der Waals surface area contributed by atoms with Gasteiger partial charge in [0, 0.05) is 10.6 Å². The highest BCUT2D eigenvalue weighted by Gasteiger charge is 2.03. The first kappa shape index (κ1) is 18.5. The van der Waals surface area contributed by atoms with Crippen LogP contribution in [0.15, 0.2) is 59.5 Å². The first-order valence-electron chi connectivity index (χ1n) is 7.83. The van der Waals surface area contributed by atoms with Crippen LogP contribution >= 0.6 is 11.8 Å². The van der Waals surface area contributed by atoms with E-state index in [0.29, 0.717) is 11.6 Å². The largest absolute Gasteiger partial charge is 0.305 e. The topological polar surface area (TPSA) is 23.9 Å². The van der Waals surface area contributed by atoms with Crippen molar-refractivity contribution in [2.45, 2.75) is 44.4 Å². The maximum atomic E-state index is 7.24. The van der Waals surface area contributed by atoms with Crippen molar-refractivity contribution in [1.82, 2.24) is 0 Å². The Hall–Kier alpha value is -1.54. The molecule has 2 aromatic carbocycles. The third-order valence-electron chi connectivity index (χ3n) is 3.61. The average molecular weight is 314 g/mol. The molecule has 0 spiro atoms. The van der Waals surface area contributed by atoms with E-state index in [1.54, 1.807) is 18.7 Å². The second kappa shape index (κ2) is 10.2. The average Bonchev–Trinajstić information content (AvgIpc) is 2.56. The van der Waals surface area contributed by atoms with Gasteiger partial charge in [-0.25, -0.2) is 0 Å². The van der Waals surface area contributed by atoms with Gasteiger partial charge in [0.15, 0.2) is 0 Å². The minimum absolute atomic E-state index is 0.621. The fourth-order valence-electron chi connectivity index (χ4n) is 2.22. The molecule has 0 saturated carbocycles. The lowest BCUT2D eigenvalue weighted by molar-refractivity contribution is 0.664. The van der Waals surface area contributed by atoms with Crippen LogP contribution in [0, 0.1) is 5.41 Å². The Balaban J connectivity index is 0.000000235. The molecule has 0 aliphatic heterocycles. The minimum Gasteiger partial charge on any atom is -0.305 e. The second-order valence-electron chi connectivity index (χ2n) is 5.45. The van der Waals surface area contributed by atoms with Gasteiger partial charge >= 0.3 is 0 Å². The van der Waals surface area contributed by atoms with Crippen LogP contribution in [0.3, 0.4) is 0 Å². The van der Waals surface area contributed by atoms with E-state index in [2.05, 4.69) is 44.4 Å². The molecule has 1 N–H and O–H groups in total. The summed E-state index contributed by atoms with van der Waals surface area (Å²) in [6.45, 7) is 6.33. The zero-order valence-corrected chi connectivity index (χ0v) is 14.9. The lowest BCUT2D eigenvalue weighted by Gasteiger charge is -2.10.